The third-order valence-electron chi connectivity index (χ3n) is 6.00. The standard InChI is InChI=1S/C20H39N3O/c1-18-12-16-23(17-13-18)15-9-8-14-21-20(24)22(2)19-10-6-4-3-5-7-11-19/h18-19H,3-17H2,1-2H3,(H,21,24). The zero-order chi connectivity index (χ0) is 17.2. The van der Waals surface area contributed by atoms with Crippen LogP contribution in [0.15, 0.2) is 0 Å². The molecule has 2 aliphatic rings. The van der Waals surface area contributed by atoms with E-state index in [0.29, 0.717) is 6.04 Å². The average molecular weight is 338 g/mol. The van der Waals surface area contributed by atoms with Crippen molar-refractivity contribution in [3.63, 3.8) is 0 Å². The fraction of sp³-hybridized carbons (Fsp3) is 0.950. The summed E-state index contributed by atoms with van der Waals surface area (Å²) >= 11 is 0. The highest BCUT2D eigenvalue weighted by Gasteiger charge is 2.20. The molecule has 0 unspecified atom stereocenters. The number of carbonyl (C=O) groups excluding carboxylic acids is 1. The van der Waals surface area contributed by atoms with Crippen molar-refractivity contribution < 1.29 is 4.79 Å². The summed E-state index contributed by atoms with van der Waals surface area (Å²) in [6, 6.07) is 0.577. The average Bonchev–Trinajstić information content (AvgIpc) is 2.55. The maximum atomic E-state index is 12.3. The highest BCUT2D eigenvalue weighted by molar-refractivity contribution is 5.74. The molecule has 2 fully saturated rings. The fourth-order valence-electron chi connectivity index (χ4n) is 4.05. The summed E-state index contributed by atoms with van der Waals surface area (Å²) in [7, 11) is 1.98. The highest BCUT2D eigenvalue weighted by atomic mass is 16.2. The van der Waals surface area contributed by atoms with E-state index in [1.165, 1.54) is 83.8 Å². The van der Waals surface area contributed by atoms with E-state index in [1.807, 2.05) is 11.9 Å². The Bertz CT molecular complexity index is 345. The SMILES string of the molecule is CC1CCN(CCCCNC(=O)N(C)C2CCCCCCC2)CC1. The molecule has 1 saturated heterocycles. The van der Waals surface area contributed by atoms with Crippen molar-refractivity contribution in [1.82, 2.24) is 15.1 Å². The fourth-order valence-corrected chi connectivity index (χ4v) is 4.05. The Morgan fingerprint density at radius 2 is 1.62 bits per heavy atom. The van der Waals surface area contributed by atoms with Crippen LogP contribution in [0.4, 0.5) is 4.79 Å². The molecule has 0 aromatic rings. The summed E-state index contributed by atoms with van der Waals surface area (Å²) in [4.78, 5) is 16.9. The van der Waals surface area contributed by atoms with Gasteiger partial charge in [-0.15, -0.1) is 0 Å². The van der Waals surface area contributed by atoms with Crippen LogP contribution in [0.3, 0.4) is 0 Å². The number of piperidine rings is 1. The molecule has 4 heteroatoms. The lowest BCUT2D eigenvalue weighted by molar-refractivity contribution is 0.176. The smallest absolute Gasteiger partial charge is 0.317 e. The molecule has 0 aromatic heterocycles. The molecule has 0 radical (unpaired) electrons. The monoisotopic (exact) mass is 337 g/mol. The van der Waals surface area contributed by atoms with Gasteiger partial charge in [0, 0.05) is 19.6 Å². The van der Waals surface area contributed by atoms with E-state index >= 15 is 0 Å². The van der Waals surface area contributed by atoms with Crippen LogP contribution < -0.4 is 5.32 Å². The van der Waals surface area contributed by atoms with Crippen LogP contribution in [0, 0.1) is 5.92 Å². The summed E-state index contributed by atoms with van der Waals surface area (Å²) in [6.45, 7) is 6.90. The molecule has 0 bridgehead atoms. The highest BCUT2D eigenvalue weighted by Crippen LogP contribution is 2.20. The topological polar surface area (TPSA) is 35.6 Å². The quantitative estimate of drug-likeness (QED) is 0.735. The number of rotatable bonds is 6. The van der Waals surface area contributed by atoms with Gasteiger partial charge in [0.25, 0.3) is 0 Å². The molecule has 0 spiro atoms. The molecule has 0 aromatic carbocycles. The number of likely N-dealkylation sites (tertiary alicyclic amines) is 1. The molecule has 140 valence electrons. The van der Waals surface area contributed by atoms with Gasteiger partial charge < -0.3 is 15.1 Å². The molecule has 24 heavy (non-hydrogen) atoms. The second-order valence-corrected chi connectivity index (χ2v) is 8.07. The summed E-state index contributed by atoms with van der Waals surface area (Å²) in [5.41, 5.74) is 0. The molecule has 1 aliphatic heterocycles. The zero-order valence-electron chi connectivity index (χ0n) is 16.1. The summed E-state index contributed by atoms with van der Waals surface area (Å²) < 4.78 is 0. The van der Waals surface area contributed by atoms with Gasteiger partial charge in [-0.3, -0.25) is 0 Å². The van der Waals surface area contributed by atoms with Gasteiger partial charge in [-0.25, -0.2) is 4.79 Å². The van der Waals surface area contributed by atoms with Crippen molar-refractivity contribution in [3.8, 4) is 0 Å². The molecule has 0 atom stereocenters. The lowest BCUT2D eigenvalue weighted by Crippen LogP contribution is -2.44. The Balaban J connectivity index is 1.55. The van der Waals surface area contributed by atoms with Gasteiger partial charge in [0.15, 0.2) is 0 Å². The largest absolute Gasteiger partial charge is 0.338 e. The normalized spacial score (nSPS) is 21.9. The molecule has 1 saturated carbocycles. The van der Waals surface area contributed by atoms with Gasteiger partial charge in [-0.2, -0.15) is 0 Å². The molecule has 2 rings (SSSR count). The Kier molecular flexibility index (Phi) is 8.93. The van der Waals surface area contributed by atoms with E-state index < -0.39 is 0 Å². The molecular weight excluding hydrogens is 298 g/mol. The first-order chi connectivity index (χ1) is 11.7. The van der Waals surface area contributed by atoms with Crippen LogP contribution in [-0.2, 0) is 0 Å². The lowest BCUT2D eigenvalue weighted by atomic mass is 9.96. The Morgan fingerprint density at radius 1 is 1.00 bits per heavy atom. The van der Waals surface area contributed by atoms with Crippen molar-refractivity contribution in [2.75, 3.05) is 33.2 Å². The number of nitrogens with one attached hydrogen (secondary N) is 1. The van der Waals surface area contributed by atoms with E-state index in [0.717, 1.165) is 18.9 Å². The number of hydrogen-bond donors (Lipinski definition) is 1. The third-order valence-corrected chi connectivity index (χ3v) is 6.00. The summed E-state index contributed by atoms with van der Waals surface area (Å²) in [5, 5.41) is 3.13. The Hall–Kier alpha value is -0.770. The molecular formula is C20H39N3O. The maximum Gasteiger partial charge on any atom is 0.317 e. The minimum atomic E-state index is 0.132. The second kappa shape index (κ2) is 11.0. The van der Waals surface area contributed by atoms with E-state index in [-0.39, 0.29) is 6.03 Å². The molecule has 1 aliphatic carbocycles. The van der Waals surface area contributed by atoms with Crippen molar-refractivity contribution in [3.05, 3.63) is 0 Å². The van der Waals surface area contributed by atoms with Gasteiger partial charge in [-0.05, 0) is 64.1 Å². The van der Waals surface area contributed by atoms with Crippen LogP contribution in [0.2, 0.25) is 0 Å². The number of hydrogen-bond acceptors (Lipinski definition) is 2. The first-order valence-electron chi connectivity index (χ1n) is 10.4. The Labute approximate surface area is 149 Å². The first-order valence-corrected chi connectivity index (χ1v) is 10.4. The van der Waals surface area contributed by atoms with Crippen LogP contribution >= 0.6 is 0 Å². The van der Waals surface area contributed by atoms with Gasteiger partial charge in [0.1, 0.15) is 0 Å². The van der Waals surface area contributed by atoms with Gasteiger partial charge in [-0.1, -0.05) is 39.0 Å². The Morgan fingerprint density at radius 3 is 2.29 bits per heavy atom. The number of nitrogens with zero attached hydrogens (tertiary/aromatic N) is 2. The lowest BCUT2D eigenvalue weighted by Gasteiger charge is -2.30. The summed E-state index contributed by atoms with van der Waals surface area (Å²) in [6.07, 6.45) is 13.9. The molecule has 2 amide bonds. The minimum absolute atomic E-state index is 0.132. The molecule has 4 nitrogen and oxygen atoms in total. The van der Waals surface area contributed by atoms with Crippen LogP contribution in [0.1, 0.15) is 77.6 Å². The molecule has 1 N–H and O–H groups in total. The van der Waals surface area contributed by atoms with E-state index in [4.69, 9.17) is 0 Å². The maximum absolute atomic E-state index is 12.3. The first kappa shape index (κ1) is 19.6. The van der Waals surface area contributed by atoms with E-state index in [2.05, 4.69) is 17.1 Å². The van der Waals surface area contributed by atoms with Crippen LogP contribution in [0.25, 0.3) is 0 Å². The third kappa shape index (κ3) is 7.00. The minimum Gasteiger partial charge on any atom is -0.338 e. The van der Waals surface area contributed by atoms with Crippen molar-refractivity contribution >= 4 is 6.03 Å². The van der Waals surface area contributed by atoms with Gasteiger partial charge in [0.2, 0.25) is 0 Å². The van der Waals surface area contributed by atoms with Crippen molar-refractivity contribution in [2.45, 2.75) is 83.6 Å². The summed E-state index contributed by atoms with van der Waals surface area (Å²) in [5.74, 6) is 0.907. The van der Waals surface area contributed by atoms with Crippen LogP contribution in [-0.4, -0.2) is 55.1 Å². The van der Waals surface area contributed by atoms with Crippen molar-refractivity contribution in [1.29, 1.82) is 0 Å². The second-order valence-electron chi connectivity index (χ2n) is 8.07. The number of unbranched alkanes of at least 4 members (excludes halogenated alkanes) is 1. The number of amides is 2. The van der Waals surface area contributed by atoms with Gasteiger partial charge in [0.05, 0.1) is 0 Å². The number of carbonyl (C=O) groups is 1. The van der Waals surface area contributed by atoms with E-state index in [1.54, 1.807) is 0 Å². The zero-order valence-corrected chi connectivity index (χ0v) is 16.1. The van der Waals surface area contributed by atoms with Gasteiger partial charge >= 0.3 is 6.03 Å². The van der Waals surface area contributed by atoms with Crippen molar-refractivity contribution in [2.24, 2.45) is 5.92 Å². The van der Waals surface area contributed by atoms with E-state index in [9.17, 15) is 4.79 Å². The predicted molar refractivity (Wildman–Crippen MR) is 101 cm³/mol. The molecule has 1 heterocycles. The number of urea groups is 1. The van der Waals surface area contributed by atoms with Crippen LogP contribution in [0.5, 0.6) is 0 Å². The predicted octanol–water partition coefficient (Wildman–Crippen LogP) is 4.25.